The van der Waals surface area contributed by atoms with Crippen molar-refractivity contribution in [1.82, 2.24) is 5.43 Å². The Labute approximate surface area is 134 Å². The van der Waals surface area contributed by atoms with Crippen LogP contribution in [0.15, 0.2) is 46.9 Å². The van der Waals surface area contributed by atoms with Gasteiger partial charge in [-0.15, -0.1) is 11.3 Å². The van der Waals surface area contributed by atoms with Gasteiger partial charge in [0.2, 0.25) is 0 Å². The Morgan fingerprint density at radius 1 is 1.23 bits per heavy atom. The smallest absolute Gasteiger partial charge is 0.331 e. The van der Waals surface area contributed by atoms with Gasteiger partial charge in [0, 0.05) is 10.6 Å². The minimum Gasteiger partial charge on any atom is -0.331 e. The zero-order valence-corrected chi connectivity index (χ0v) is 13.1. The van der Waals surface area contributed by atoms with Crippen molar-refractivity contribution in [2.24, 2.45) is 5.10 Å². The molecule has 1 aromatic carbocycles. The molecule has 22 heavy (non-hydrogen) atoms. The van der Waals surface area contributed by atoms with Gasteiger partial charge in [-0.3, -0.25) is 5.43 Å². The quantitative estimate of drug-likeness (QED) is 0.490. The fourth-order valence-electron chi connectivity index (χ4n) is 1.61. The second kappa shape index (κ2) is 6.89. The van der Waals surface area contributed by atoms with Crippen LogP contribution in [0.1, 0.15) is 17.4 Å². The molecule has 0 saturated carbocycles. The summed E-state index contributed by atoms with van der Waals surface area (Å²) in [6, 6.07) is 8.62. The van der Waals surface area contributed by atoms with Crippen LogP contribution < -0.4 is 10.7 Å². The fraction of sp³-hybridized carbons (Fsp3) is 0.143. The van der Waals surface area contributed by atoms with Crippen molar-refractivity contribution in [2.75, 3.05) is 5.32 Å². The van der Waals surface area contributed by atoms with Crippen molar-refractivity contribution in [3.63, 3.8) is 0 Å². The van der Waals surface area contributed by atoms with Crippen LogP contribution in [-0.2, 0) is 6.18 Å². The number of benzene rings is 1. The summed E-state index contributed by atoms with van der Waals surface area (Å²) >= 11 is 6.55. The monoisotopic (exact) mass is 343 g/mol. The van der Waals surface area contributed by atoms with Crippen molar-refractivity contribution in [1.29, 1.82) is 0 Å². The number of nitrogens with one attached hydrogen (secondary N) is 2. The Balaban J connectivity index is 1.99. The summed E-state index contributed by atoms with van der Waals surface area (Å²) in [4.78, 5) is 0.981. The first-order valence-corrected chi connectivity index (χ1v) is 7.47. The zero-order valence-electron chi connectivity index (χ0n) is 11.4. The van der Waals surface area contributed by atoms with Gasteiger partial charge in [-0.1, -0.05) is 12.1 Å². The van der Waals surface area contributed by atoms with Crippen LogP contribution in [0.5, 0.6) is 0 Å². The third kappa shape index (κ3) is 4.54. The van der Waals surface area contributed by atoms with E-state index in [4.69, 9.17) is 12.2 Å². The predicted molar refractivity (Wildman–Crippen MR) is 87.3 cm³/mol. The van der Waals surface area contributed by atoms with Crippen molar-refractivity contribution >= 4 is 40.1 Å². The lowest BCUT2D eigenvalue weighted by atomic mass is 10.2. The number of thiocarbonyl (C=S) groups is 1. The summed E-state index contributed by atoms with van der Waals surface area (Å²) in [6.07, 6.45) is -4.39. The molecule has 0 spiro atoms. The van der Waals surface area contributed by atoms with Gasteiger partial charge >= 0.3 is 6.18 Å². The summed E-state index contributed by atoms with van der Waals surface area (Å²) in [5, 5.41) is 8.80. The molecule has 0 saturated heterocycles. The first kappa shape index (κ1) is 16.4. The van der Waals surface area contributed by atoms with Crippen LogP contribution in [0.3, 0.4) is 0 Å². The number of anilines is 1. The topological polar surface area (TPSA) is 36.4 Å². The molecule has 0 aliphatic rings. The maximum Gasteiger partial charge on any atom is 0.416 e. The number of hydrogen-bond acceptors (Lipinski definition) is 3. The highest BCUT2D eigenvalue weighted by atomic mass is 32.1. The Morgan fingerprint density at radius 3 is 2.64 bits per heavy atom. The van der Waals surface area contributed by atoms with Gasteiger partial charge in [-0.05, 0) is 48.8 Å². The minimum absolute atomic E-state index is 0.121. The standard InChI is InChI=1S/C14H12F3N3S2/c1-9(12-6-3-7-22-12)19-20-13(21)18-11-5-2-4-10(8-11)14(15,16)17/h2-8H,1H3,(H2,18,20,21)/b19-9+. The van der Waals surface area contributed by atoms with Gasteiger partial charge in [0.1, 0.15) is 0 Å². The van der Waals surface area contributed by atoms with Crippen LogP contribution in [0.2, 0.25) is 0 Å². The van der Waals surface area contributed by atoms with E-state index in [1.165, 1.54) is 23.5 Å². The van der Waals surface area contributed by atoms with Gasteiger partial charge < -0.3 is 5.32 Å². The number of hydrogen-bond donors (Lipinski definition) is 2. The summed E-state index contributed by atoms with van der Waals surface area (Å²) in [7, 11) is 0. The van der Waals surface area contributed by atoms with Crippen molar-refractivity contribution in [3.05, 3.63) is 52.2 Å². The van der Waals surface area contributed by atoms with E-state index >= 15 is 0 Å². The largest absolute Gasteiger partial charge is 0.416 e. The lowest BCUT2D eigenvalue weighted by Crippen LogP contribution is -2.25. The van der Waals surface area contributed by atoms with Gasteiger partial charge in [0.15, 0.2) is 5.11 Å². The SMILES string of the molecule is C/C(=N\NC(=S)Nc1cccc(C(F)(F)F)c1)c1cccs1. The van der Waals surface area contributed by atoms with E-state index in [2.05, 4.69) is 15.8 Å². The van der Waals surface area contributed by atoms with E-state index in [1.54, 1.807) is 0 Å². The average Bonchev–Trinajstić information content (AvgIpc) is 2.98. The molecule has 0 unspecified atom stereocenters. The van der Waals surface area contributed by atoms with E-state index < -0.39 is 11.7 Å². The number of halogens is 3. The first-order chi connectivity index (χ1) is 10.4. The third-order valence-electron chi connectivity index (χ3n) is 2.65. The highest BCUT2D eigenvalue weighted by Crippen LogP contribution is 2.30. The maximum atomic E-state index is 12.6. The van der Waals surface area contributed by atoms with Crippen LogP contribution in [0, 0.1) is 0 Å². The van der Waals surface area contributed by atoms with Gasteiger partial charge in [-0.25, -0.2) is 0 Å². The number of rotatable bonds is 3. The van der Waals surface area contributed by atoms with Crippen molar-refractivity contribution < 1.29 is 13.2 Å². The highest BCUT2D eigenvalue weighted by Gasteiger charge is 2.30. The van der Waals surface area contributed by atoms with E-state index in [1.807, 2.05) is 24.4 Å². The van der Waals surface area contributed by atoms with E-state index in [0.717, 1.165) is 22.7 Å². The van der Waals surface area contributed by atoms with Crippen LogP contribution in [0.4, 0.5) is 18.9 Å². The third-order valence-corrected chi connectivity index (χ3v) is 3.82. The van der Waals surface area contributed by atoms with Crippen molar-refractivity contribution in [3.8, 4) is 0 Å². The van der Waals surface area contributed by atoms with E-state index in [0.29, 0.717) is 0 Å². The molecule has 2 N–H and O–H groups in total. The molecule has 116 valence electrons. The zero-order chi connectivity index (χ0) is 16.2. The molecule has 2 rings (SSSR count). The van der Waals surface area contributed by atoms with Crippen LogP contribution >= 0.6 is 23.6 Å². The van der Waals surface area contributed by atoms with Gasteiger partial charge in [0.25, 0.3) is 0 Å². The number of thiophene rings is 1. The lowest BCUT2D eigenvalue weighted by molar-refractivity contribution is -0.137. The molecule has 1 aromatic heterocycles. The number of nitrogens with zero attached hydrogens (tertiary/aromatic N) is 1. The van der Waals surface area contributed by atoms with Gasteiger partial charge in [-0.2, -0.15) is 18.3 Å². The molecule has 0 aliphatic carbocycles. The summed E-state index contributed by atoms with van der Waals surface area (Å²) in [6.45, 7) is 1.81. The molecular formula is C14H12F3N3S2. The van der Waals surface area contributed by atoms with E-state index in [-0.39, 0.29) is 10.8 Å². The molecular weight excluding hydrogens is 331 g/mol. The van der Waals surface area contributed by atoms with E-state index in [9.17, 15) is 13.2 Å². The molecule has 2 aromatic rings. The predicted octanol–water partition coefficient (Wildman–Crippen LogP) is 4.48. The Kier molecular flexibility index (Phi) is 5.15. The molecule has 0 radical (unpaired) electrons. The Hall–Kier alpha value is -1.93. The Bertz CT molecular complexity index is 679. The maximum absolute atomic E-state index is 12.6. The summed E-state index contributed by atoms with van der Waals surface area (Å²) in [5.41, 5.74) is 2.86. The molecule has 0 fully saturated rings. The van der Waals surface area contributed by atoms with Crippen LogP contribution in [-0.4, -0.2) is 10.8 Å². The minimum atomic E-state index is -4.39. The van der Waals surface area contributed by atoms with Gasteiger partial charge in [0.05, 0.1) is 11.3 Å². The average molecular weight is 343 g/mol. The molecule has 8 heteroatoms. The summed E-state index contributed by atoms with van der Waals surface area (Å²) < 4.78 is 37.9. The van der Waals surface area contributed by atoms with Crippen LogP contribution in [0.25, 0.3) is 0 Å². The fourth-order valence-corrected chi connectivity index (χ4v) is 2.45. The number of hydrazone groups is 1. The highest BCUT2D eigenvalue weighted by molar-refractivity contribution is 7.80. The molecule has 3 nitrogen and oxygen atoms in total. The second-order valence-corrected chi connectivity index (χ2v) is 5.67. The molecule has 0 aliphatic heterocycles. The Morgan fingerprint density at radius 2 is 2.00 bits per heavy atom. The summed E-state index contributed by atoms with van der Waals surface area (Å²) in [5.74, 6) is 0. The first-order valence-electron chi connectivity index (χ1n) is 6.18. The molecule has 0 amide bonds. The molecule has 1 heterocycles. The normalized spacial score (nSPS) is 12.1. The molecule has 0 bridgehead atoms. The molecule has 0 atom stereocenters. The lowest BCUT2D eigenvalue weighted by Gasteiger charge is -2.11. The second-order valence-electron chi connectivity index (χ2n) is 4.32. The van der Waals surface area contributed by atoms with Crippen molar-refractivity contribution in [2.45, 2.75) is 13.1 Å². The number of alkyl halides is 3.